The van der Waals surface area contributed by atoms with Crippen LogP contribution in [0.25, 0.3) is 0 Å². The number of amides is 1. The Hall–Kier alpha value is -1.61. The van der Waals surface area contributed by atoms with E-state index in [-0.39, 0.29) is 12.2 Å². The lowest BCUT2D eigenvalue weighted by Crippen LogP contribution is -2.42. The van der Waals surface area contributed by atoms with Gasteiger partial charge in [0, 0.05) is 11.8 Å². The van der Waals surface area contributed by atoms with Gasteiger partial charge in [0.2, 0.25) is 0 Å². The highest BCUT2D eigenvalue weighted by atomic mass is 127. The molecule has 2 aromatic rings. The van der Waals surface area contributed by atoms with Gasteiger partial charge in [-0.15, -0.1) is 11.3 Å². The average molecular weight is 417 g/mol. The van der Waals surface area contributed by atoms with Crippen molar-refractivity contribution in [2.45, 2.75) is 12.5 Å². The third-order valence-corrected chi connectivity index (χ3v) is 4.60. The molecule has 21 heavy (non-hydrogen) atoms. The average Bonchev–Trinajstić information content (AvgIpc) is 2.87. The molecule has 0 aliphatic carbocycles. The number of phenols is 1. The van der Waals surface area contributed by atoms with Crippen LogP contribution in [-0.4, -0.2) is 28.1 Å². The molecule has 0 saturated carbocycles. The summed E-state index contributed by atoms with van der Waals surface area (Å²) in [4.78, 5) is 23.3. The standard InChI is InChI=1S/C14H12INO4S/c15-12-6-9(7-21-12)13(18)16-11(14(19)20)5-8-1-3-10(17)4-2-8/h1-4,6-7,11,17H,5H2,(H,16,18)(H,19,20). The third kappa shape index (κ3) is 4.43. The number of carboxylic acid groups (broad SMARTS) is 1. The van der Waals surface area contributed by atoms with Crippen molar-refractivity contribution < 1.29 is 19.8 Å². The zero-order chi connectivity index (χ0) is 15.4. The Morgan fingerprint density at radius 2 is 1.95 bits per heavy atom. The van der Waals surface area contributed by atoms with E-state index >= 15 is 0 Å². The van der Waals surface area contributed by atoms with Gasteiger partial charge in [-0.25, -0.2) is 4.79 Å². The molecule has 1 unspecified atom stereocenters. The molecule has 1 amide bonds. The third-order valence-electron chi connectivity index (χ3n) is 2.81. The van der Waals surface area contributed by atoms with Crippen molar-refractivity contribution in [3.63, 3.8) is 0 Å². The molecule has 1 heterocycles. The summed E-state index contributed by atoms with van der Waals surface area (Å²) < 4.78 is 0.961. The first-order chi connectivity index (χ1) is 9.95. The summed E-state index contributed by atoms with van der Waals surface area (Å²) in [6.45, 7) is 0. The fraction of sp³-hybridized carbons (Fsp3) is 0.143. The lowest BCUT2D eigenvalue weighted by atomic mass is 10.1. The molecule has 0 bridgehead atoms. The SMILES string of the molecule is O=C(NC(Cc1ccc(O)cc1)C(=O)O)c1csc(I)c1. The van der Waals surface area contributed by atoms with E-state index in [1.165, 1.54) is 23.5 Å². The fourth-order valence-electron chi connectivity index (χ4n) is 1.74. The second-order valence-corrected chi connectivity index (χ2v) is 7.18. The number of halogens is 1. The molecule has 5 nitrogen and oxygen atoms in total. The molecule has 1 aromatic carbocycles. The highest BCUT2D eigenvalue weighted by Crippen LogP contribution is 2.17. The first kappa shape index (κ1) is 15.8. The number of rotatable bonds is 5. The predicted molar refractivity (Wildman–Crippen MR) is 87.7 cm³/mol. The molecular formula is C14H12INO4S. The van der Waals surface area contributed by atoms with Crippen molar-refractivity contribution in [1.29, 1.82) is 0 Å². The lowest BCUT2D eigenvalue weighted by Gasteiger charge is -2.14. The Morgan fingerprint density at radius 1 is 1.29 bits per heavy atom. The Bertz CT molecular complexity index is 653. The normalized spacial score (nSPS) is 11.9. The Labute approximate surface area is 138 Å². The maximum atomic E-state index is 12.0. The molecule has 3 N–H and O–H groups in total. The van der Waals surface area contributed by atoms with Crippen molar-refractivity contribution in [1.82, 2.24) is 5.32 Å². The summed E-state index contributed by atoms with van der Waals surface area (Å²) in [7, 11) is 0. The van der Waals surface area contributed by atoms with Crippen LogP contribution in [0.4, 0.5) is 0 Å². The van der Waals surface area contributed by atoms with E-state index in [1.807, 2.05) is 0 Å². The van der Waals surface area contributed by atoms with Crippen molar-refractivity contribution >= 4 is 45.8 Å². The predicted octanol–water partition coefficient (Wildman–Crippen LogP) is 2.48. The summed E-state index contributed by atoms with van der Waals surface area (Å²) in [6.07, 6.45) is 0.155. The molecule has 0 fully saturated rings. The van der Waals surface area contributed by atoms with Gasteiger partial charge < -0.3 is 15.5 Å². The molecule has 0 saturated heterocycles. The number of nitrogens with one attached hydrogen (secondary N) is 1. The number of carboxylic acids is 1. The highest BCUT2D eigenvalue weighted by molar-refractivity contribution is 14.1. The molecule has 1 atom stereocenters. The van der Waals surface area contributed by atoms with Gasteiger partial charge >= 0.3 is 5.97 Å². The van der Waals surface area contributed by atoms with Crippen molar-refractivity contribution in [2.75, 3.05) is 0 Å². The maximum absolute atomic E-state index is 12.0. The summed E-state index contributed by atoms with van der Waals surface area (Å²) >= 11 is 3.53. The fourth-order valence-corrected chi connectivity index (χ4v) is 3.07. The van der Waals surface area contributed by atoms with Crippen LogP contribution in [0.1, 0.15) is 15.9 Å². The van der Waals surface area contributed by atoms with Gasteiger partial charge in [-0.2, -0.15) is 0 Å². The van der Waals surface area contributed by atoms with E-state index in [0.717, 1.165) is 8.45 Å². The minimum absolute atomic E-state index is 0.113. The monoisotopic (exact) mass is 417 g/mol. The number of carbonyl (C=O) groups is 2. The zero-order valence-electron chi connectivity index (χ0n) is 10.7. The molecule has 2 rings (SSSR count). The molecule has 0 radical (unpaired) electrons. The molecule has 7 heteroatoms. The van der Waals surface area contributed by atoms with E-state index in [2.05, 4.69) is 27.9 Å². The van der Waals surface area contributed by atoms with Gasteiger partial charge in [-0.05, 0) is 46.4 Å². The van der Waals surface area contributed by atoms with Crippen LogP contribution >= 0.6 is 33.9 Å². The van der Waals surface area contributed by atoms with Gasteiger partial charge in [0.15, 0.2) is 0 Å². The number of aliphatic carboxylic acids is 1. The second-order valence-electron chi connectivity index (χ2n) is 4.37. The summed E-state index contributed by atoms with van der Waals surface area (Å²) in [6, 6.07) is 6.92. The van der Waals surface area contributed by atoms with Gasteiger partial charge in [0.25, 0.3) is 5.91 Å². The van der Waals surface area contributed by atoms with Crippen LogP contribution in [0, 0.1) is 2.88 Å². The number of benzene rings is 1. The smallest absolute Gasteiger partial charge is 0.326 e. The number of aromatic hydroxyl groups is 1. The van der Waals surface area contributed by atoms with Crippen LogP contribution in [0.5, 0.6) is 5.75 Å². The van der Waals surface area contributed by atoms with E-state index in [4.69, 9.17) is 0 Å². The number of hydrogen-bond acceptors (Lipinski definition) is 4. The summed E-state index contributed by atoms with van der Waals surface area (Å²) in [5.41, 5.74) is 1.18. The quantitative estimate of drug-likeness (QED) is 0.653. The van der Waals surface area contributed by atoms with E-state index in [9.17, 15) is 19.8 Å². The van der Waals surface area contributed by atoms with Crippen LogP contribution in [-0.2, 0) is 11.2 Å². The van der Waals surface area contributed by atoms with Crippen LogP contribution < -0.4 is 5.32 Å². The van der Waals surface area contributed by atoms with Gasteiger partial charge in [0.1, 0.15) is 11.8 Å². The number of phenolic OH excluding ortho intramolecular Hbond substituents is 1. The number of carbonyl (C=O) groups excluding carboxylic acids is 1. The number of thiophene rings is 1. The highest BCUT2D eigenvalue weighted by Gasteiger charge is 2.21. The Kier molecular flexibility index (Phi) is 5.18. The maximum Gasteiger partial charge on any atom is 0.326 e. The van der Waals surface area contributed by atoms with Crippen molar-refractivity contribution in [3.05, 3.63) is 49.7 Å². The molecule has 0 aliphatic rings. The molecule has 0 spiro atoms. The molecule has 110 valence electrons. The molecule has 1 aromatic heterocycles. The van der Waals surface area contributed by atoms with E-state index < -0.39 is 17.9 Å². The van der Waals surface area contributed by atoms with Crippen molar-refractivity contribution in [2.24, 2.45) is 0 Å². The Morgan fingerprint density at radius 3 is 2.48 bits per heavy atom. The first-order valence-corrected chi connectivity index (χ1v) is 7.97. The second kappa shape index (κ2) is 6.90. The van der Waals surface area contributed by atoms with Crippen LogP contribution in [0.15, 0.2) is 35.7 Å². The number of hydrogen-bond donors (Lipinski definition) is 3. The Balaban J connectivity index is 2.07. The minimum Gasteiger partial charge on any atom is -0.508 e. The van der Waals surface area contributed by atoms with E-state index in [1.54, 1.807) is 23.6 Å². The zero-order valence-corrected chi connectivity index (χ0v) is 13.7. The van der Waals surface area contributed by atoms with Gasteiger partial charge in [0.05, 0.1) is 8.45 Å². The molecular weight excluding hydrogens is 405 g/mol. The minimum atomic E-state index is -1.10. The first-order valence-electron chi connectivity index (χ1n) is 6.01. The van der Waals surface area contributed by atoms with Crippen LogP contribution in [0.3, 0.4) is 0 Å². The van der Waals surface area contributed by atoms with Gasteiger partial charge in [-0.1, -0.05) is 12.1 Å². The largest absolute Gasteiger partial charge is 0.508 e. The van der Waals surface area contributed by atoms with Gasteiger partial charge in [-0.3, -0.25) is 4.79 Å². The van der Waals surface area contributed by atoms with Crippen LogP contribution in [0.2, 0.25) is 0 Å². The van der Waals surface area contributed by atoms with Crippen molar-refractivity contribution in [3.8, 4) is 5.75 Å². The summed E-state index contributed by atoms with van der Waals surface area (Å²) in [5, 5.41) is 22.6. The molecule has 0 aliphatic heterocycles. The lowest BCUT2D eigenvalue weighted by molar-refractivity contribution is -0.139. The van der Waals surface area contributed by atoms with E-state index in [0.29, 0.717) is 5.56 Å². The topological polar surface area (TPSA) is 86.6 Å². The summed E-state index contributed by atoms with van der Waals surface area (Å²) in [5.74, 6) is -1.38.